The number of nitrogens with zero attached hydrogens (tertiary/aromatic N) is 1. The first-order chi connectivity index (χ1) is 12.2. The Morgan fingerprint density at radius 3 is 2.77 bits per heavy atom. The average molecular weight is 540 g/mol. The number of guanidine groups is 1. The van der Waals surface area contributed by atoms with E-state index in [1.165, 1.54) is 6.07 Å². The molecule has 2 aromatic rings. The minimum Gasteiger partial charge on any atom is -0.467 e. The van der Waals surface area contributed by atoms with Crippen molar-refractivity contribution in [2.45, 2.75) is 19.4 Å². The molecule has 2 N–H and O–H groups in total. The number of benzene rings is 1. The zero-order valence-corrected chi connectivity index (χ0v) is 18.6. The van der Waals surface area contributed by atoms with Gasteiger partial charge in [-0.2, -0.15) is 0 Å². The maximum atomic E-state index is 13.2. The van der Waals surface area contributed by atoms with Crippen LogP contribution in [-0.2, 0) is 17.8 Å². The fourth-order valence-corrected chi connectivity index (χ4v) is 2.62. The second kappa shape index (κ2) is 13.1. The molecule has 0 bridgehead atoms. The van der Waals surface area contributed by atoms with Gasteiger partial charge in [0.25, 0.3) is 0 Å². The summed E-state index contributed by atoms with van der Waals surface area (Å²) in [4.78, 5) is 4.18. The van der Waals surface area contributed by atoms with E-state index in [9.17, 15) is 4.39 Å². The minimum absolute atomic E-state index is 0. The highest BCUT2D eigenvalue weighted by molar-refractivity contribution is 14.0. The van der Waals surface area contributed by atoms with Gasteiger partial charge in [0.2, 0.25) is 0 Å². The molecule has 0 saturated carbocycles. The van der Waals surface area contributed by atoms with Crippen LogP contribution in [0.3, 0.4) is 0 Å². The third-order valence-electron chi connectivity index (χ3n) is 3.50. The van der Waals surface area contributed by atoms with Crippen molar-refractivity contribution in [2.24, 2.45) is 4.99 Å². The van der Waals surface area contributed by atoms with Gasteiger partial charge in [0.05, 0.1) is 10.7 Å². The van der Waals surface area contributed by atoms with Gasteiger partial charge in [0, 0.05) is 26.7 Å². The van der Waals surface area contributed by atoms with E-state index in [4.69, 9.17) is 9.15 Å². The van der Waals surface area contributed by atoms with E-state index in [2.05, 4.69) is 31.6 Å². The molecule has 1 aromatic carbocycles. The number of halogens is 3. The monoisotopic (exact) mass is 539 g/mol. The largest absolute Gasteiger partial charge is 0.467 e. The lowest BCUT2D eigenvalue weighted by molar-refractivity contribution is 0.105. The molecule has 0 radical (unpaired) electrons. The highest BCUT2D eigenvalue weighted by Crippen LogP contribution is 2.16. The molecule has 0 aliphatic heterocycles. The lowest BCUT2D eigenvalue weighted by Gasteiger charge is -2.12. The summed E-state index contributed by atoms with van der Waals surface area (Å²) in [6, 6.07) is 8.79. The van der Waals surface area contributed by atoms with E-state index < -0.39 is 0 Å². The molecular weight excluding hydrogens is 516 g/mol. The van der Waals surface area contributed by atoms with E-state index in [1.807, 2.05) is 12.1 Å². The van der Waals surface area contributed by atoms with Gasteiger partial charge >= 0.3 is 0 Å². The molecule has 0 spiro atoms. The van der Waals surface area contributed by atoms with Crippen molar-refractivity contribution in [3.05, 3.63) is 58.2 Å². The highest BCUT2D eigenvalue weighted by Gasteiger charge is 2.02. The van der Waals surface area contributed by atoms with Crippen molar-refractivity contribution < 1.29 is 13.5 Å². The maximum absolute atomic E-state index is 13.2. The smallest absolute Gasteiger partial charge is 0.190 e. The van der Waals surface area contributed by atoms with Crippen molar-refractivity contribution in [2.75, 3.05) is 26.7 Å². The Morgan fingerprint density at radius 2 is 2.08 bits per heavy atom. The molecule has 26 heavy (non-hydrogen) atoms. The Morgan fingerprint density at radius 1 is 1.27 bits per heavy atom. The molecule has 1 aromatic heterocycles. The molecule has 0 aliphatic rings. The van der Waals surface area contributed by atoms with Crippen LogP contribution >= 0.6 is 39.9 Å². The van der Waals surface area contributed by atoms with Crippen molar-refractivity contribution in [1.82, 2.24) is 10.6 Å². The molecule has 0 saturated heterocycles. The van der Waals surface area contributed by atoms with E-state index in [-0.39, 0.29) is 29.8 Å². The van der Waals surface area contributed by atoms with Crippen LogP contribution in [0.25, 0.3) is 0 Å². The molecule has 1 heterocycles. The van der Waals surface area contributed by atoms with E-state index in [0.29, 0.717) is 24.2 Å². The van der Waals surface area contributed by atoms with Gasteiger partial charge in [0.1, 0.15) is 18.2 Å². The van der Waals surface area contributed by atoms with E-state index >= 15 is 0 Å². The van der Waals surface area contributed by atoms with Gasteiger partial charge < -0.3 is 19.8 Å². The average Bonchev–Trinajstić information content (AvgIpc) is 3.12. The molecule has 0 fully saturated rings. The predicted octanol–water partition coefficient (Wildman–Crippen LogP) is 4.11. The minimum atomic E-state index is -0.247. The molecule has 8 heteroatoms. The second-order valence-corrected chi connectivity index (χ2v) is 6.26. The Balaban J connectivity index is 0.00000338. The van der Waals surface area contributed by atoms with Gasteiger partial charge in [-0.1, -0.05) is 6.07 Å². The molecule has 0 amide bonds. The zero-order chi connectivity index (χ0) is 17.9. The zero-order valence-electron chi connectivity index (χ0n) is 14.6. The third-order valence-corrected chi connectivity index (χ3v) is 4.10. The van der Waals surface area contributed by atoms with Crippen LogP contribution in [0.2, 0.25) is 0 Å². The lowest BCUT2D eigenvalue weighted by atomic mass is 10.1. The van der Waals surface area contributed by atoms with Crippen LogP contribution < -0.4 is 10.6 Å². The van der Waals surface area contributed by atoms with Crippen molar-refractivity contribution in [1.29, 1.82) is 0 Å². The third kappa shape index (κ3) is 8.50. The molecule has 0 aliphatic carbocycles. The molecule has 2 rings (SSSR count). The van der Waals surface area contributed by atoms with Crippen LogP contribution in [0.15, 0.2) is 50.5 Å². The van der Waals surface area contributed by atoms with Crippen LogP contribution in [0.5, 0.6) is 0 Å². The first-order valence-corrected chi connectivity index (χ1v) is 8.97. The number of nitrogens with one attached hydrogen (secondary N) is 2. The highest BCUT2D eigenvalue weighted by atomic mass is 127. The number of ether oxygens (including phenoxy) is 1. The molecule has 5 nitrogen and oxygen atoms in total. The molecular formula is C18H24BrFIN3O2. The topological polar surface area (TPSA) is 58.8 Å². The second-order valence-electron chi connectivity index (χ2n) is 5.41. The van der Waals surface area contributed by atoms with Crippen molar-refractivity contribution >= 4 is 45.9 Å². The van der Waals surface area contributed by atoms with Gasteiger partial charge in [-0.15, -0.1) is 24.0 Å². The van der Waals surface area contributed by atoms with Gasteiger partial charge in [-0.05, 0) is 58.6 Å². The van der Waals surface area contributed by atoms with Gasteiger partial charge in [0.15, 0.2) is 5.96 Å². The van der Waals surface area contributed by atoms with E-state index in [1.54, 1.807) is 25.4 Å². The Bertz CT molecular complexity index is 668. The number of hydrogen-bond acceptors (Lipinski definition) is 3. The maximum Gasteiger partial charge on any atom is 0.190 e. The SMILES string of the molecule is CN=C(NCCCOCc1ccco1)NCCc1ccc(F)c(Br)c1.I. The van der Waals surface area contributed by atoms with Crippen LogP contribution in [0, 0.1) is 5.82 Å². The Hall–Kier alpha value is -1.13. The standard InChI is InChI=1S/C18H23BrFN3O2.HI/c1-21-18(22-8-3-10-24-13-15-4-2-11-25-15)23-9-7-14-5-6-17(20)16(19)12-14;/h2,4-6,11-12H,3,7-10,13H2,1H3,(H2,21,22,23);1H. The van der Waals surface area contributed by atoms with Crippen LogP contribution in [-0.4, -0.2) is 32.7 Å². The Labute approximate surface area is 178 Å². The fourth-order valence-electron chi connectivity index (χ4n) is 2.19. The first kappa shape index (κ1) is 22.9. The summed E-state index contributed by atoms with van der Waals surface area (Å²) in [7, 11) is 1.73. The summed E-state index contributed by atoms with van der Waals surface area (Å²) >= 11 is 3.20. The molecule has 0 atom stereocenters. The quantitative estimate of drug-likeness (QED) is 0.218. The Kier molecular flexibility index (Phi) is 11.5. The van der Waals surface area contributed by atoms with Gasteiger partial charge in [-0.25, -0.2) is 4.39 Å². The molecule has 144 valence electrons. The normalized spacial score (nSPS) is 11.1. The summed E-state index contributed by atoms with van der Waals surface area (Å²) in [6.45, 7) is 2.62. The first-order valence-electron chi connectivity index (χ1n) is 8.17. The summed E-state index contributed by atoms with van der Waals surface area (Å²) in [5.41, 5.74) is 1.06. The van der Waals surface area contributed by atoms with E-state index in [0.717, 1.165) is 36.7 Å². The summed E-state index contributed by atoms with van der Waals surface area (Å²) in [5.74, 6) is 1.33. The van der Waals surface area contributed by atoms with Crippen molar-refractivity contribution in [3.8, 4) is 0 Å². The summed E-state index contributed by atoms with van der Waals surface area (Å²) < 4.78 is 24.4. The summed E-state index contributed by atoms with van der Waals surface area (Å²) in [6.07, 6.45) is 3.29. The van der Waals surface area contributed by atoms with Crippen LogP contribution in [0.4, 0.5) is 4.39 Å². The number of rotatable bonds is 9. The summed E-state index contributed by atoms with van der Waals surface area (Å²) in [5, 5.41) is 6.48. The number of hydrogen-bond donors (Lipinski definition) is 2. The predicted molar refractivity (Wildman–Crippen MR) is 116 cm³/mol. The van der Waals surface area contributed by atoms with Crippen molar-refractivity contribution in [3.63, 3.8) is 0 Å². The number of furan rings is 1. The number of aliphatic imine (C=N–C) groups is 1. The van der Waals surface area contributed by atoms with Gasteiger partial charge in [-0.3, -0.25) is 4.99 Å². The van der Waals surface area contributed by atoms with Crippen LogP contribution in [0.1, 0.15) is 17.7 Å². The molecule has 0 unspecified atom stereocenters. The lowest BCUT2D eigenvalue weighted by Crippen LogP contribution is -2.39. The fraction of sp³-hybridized carbons (Fsp3) is 0.389.